The Labute approximate surface area is 225 Å². The molecule has 4 aromatic rings. The molecule has 40 heavy (non-hydrogen) atoms. The third kappa shape index (κ3) is 4.63. The maximum absolute atomic E-state index is 15.7. The molecule has 1 unspecified atom stereocenters. The molecule has 0 saturated carbocycles. The molecule has 0 amide bonds. The van der Waals surface area contributed by atoms with Gasteiger partial charge in [0.25, 0.3) is 0 Å². The molecule has 0 radical (unpaired) electrons. The maximum Gasteiger partial charge on any atom is 0.303 e. The van der Waals surface area contributed by atoms with E-state index in [-0.39, 0.29) is 52.8 Å². The molecule has 5 rings (SSSR count). The highest BCUT2D eigenvalue weighted by Gasteiger charge is 2.33. The second-order valence-corrected chi connectivity index (χ2v) is 11.3. The van der Waals surface area contributed by atoms with Crippen molar-refractivity contribution in [2.75, 3.05) is 0 Å². The number of sulfone groups is 1. The molecule has 13 heteroatoms. The number of fused-ring (bicyclic) bond motifs is 2. The van der Waals surface area contributed by atoms with Crippen molar-refractivity contribution in [3.05, 3.63) is 76.1 Å². The fraction of sp³-hybridized carbons (Fsp3) is 0.259. The van der Waals surface area contributed by atoms with Gasteiger partial charge in [-0.2, -0.15) is 5.10 Å². The van der Waals surface area contributed by atoms with Crippen molar-refractivity contribution in [3.8, 4) is 11.3 Å². The van der Waals surface area contributed by atoms with E-state index in [9.17, 15) is 26.8 Å². The summed E-state index contributed by atoms with van der Waals surface area (Å²) in [4.78, 5) is 26.9. The summed E-state index contributed by atoms with van der Waals surface area (Å²) in [6.45, 7) is 2.77. The summed E-state index contributed by atoms with van der Waals surface area (Å²) in [6, 6.07) is 3.56. The van der Waals surface area contributed by atoms with Crippen LogP contribution in [0.3, 0.4) is 0 Å². The minimum absolute atomic E-state index is 0.00481. The number of benzene rings is 2. The topological polar surface area (TPSA) is 119 Å². The van der Waals surface area contributed by atoms with E-state index in [1.807, 2.05) is 0 Å². The first-order valence-electron chi connectivity index (χ1n) is 12.2. The summed E-state index contributed by atoms with van der Waals surface area (Å²) >= 11 is 0. The van der Waals surface area contributed by atoms with Crippen molar-refractivity contribution in [1.82, 2.24) is 15.2 Å². The normalized spacial score (nSPS) is 14.9. The number of esters is 1. The van der Waals surface area contributed by atoms with Crippen LogP contribution >= 0.6 is 0 Å². The fourth-order valence-corrected chi connectivity index (χ4v) is 6.61. The smallest absolute Gasteiger partial charge is 0.303 e. The van der Waals surface area contributed by atoms with E-state index >= 15 is 8.78 Å². The number of halogens is 4. The van der Waals surface area contributed by atoms with Crippen LogP contribution < -0.4 is 0 Å². The Morgan fingerprint density at radius 3 is 2.58 bits per heavy atom. The van der Waals surface area contributed by atoms with Gasteiger partial charge in [-0.1, -0.05) is 13.0 Å². The fourth-order valence-electron chi connectivity index (χ4n) is 4.93. The lowest BCUT2D eigenvalue weighted by atomic mass is 10.0. The lowest BCUT2D eigenvalue weighted by Crippen LogP contribution is -2.12. The second kappa shape index (κ2) is 10.1. The van der Waals surface area contributed by atoms with Crippen LogP contribution in [0, 0.1) is 23.3 Å². The number of nitrogens with zero attached hydrogens (tertiary/aromatic N) is 2. The number of carbonyl (C=O) groups is 2. The van der Waals surface area contributed by atoms with Crippen molar-refractivity contribution in [2.45, 2.75) is 49.9 Å². The molecule has 8 nitrogen and oxygen atoms in total. The summed E-state index contributed by atoms with van der Waals surface area (Å²) < 4.78 is 92.3. The molecule has 2 aromatic carbocycles. The molecule has 0 fully saturated rings. The van der Waals surface area contributed by atoms with Crippen LogP contribution in [0.5, 0.6) is 0 Å². The van der Waals surface area contributed by atoms with Crippen molar-refractivity contribution in [3.63, 3.8) is 0 Å². The molecule has 0 spiro atoms. The maximum atomic E-state index is 15.7. The zero-order valence-corrected chi connectivity index (χ0v) is 22.0. The van der Waals surface area contributed by atoms with Gasteiger partial charge in [0.2, 0.25) is 0 Å². The highest BCUT2D eigenvalue weighted by Crippen LogP contribution is 2.40. The van der Waals surface area contributed by atoms with Gasteiger partial charge in [-0.25, -0.2) is 26.0 Å². The van der Waals surface area contributed by atoms with E-state index in [0.717, 1.165) is 30.5 Å². The quantitative estimate of drug-likeness (QED) is 0.181. The molecule has 1 aliphatic rings. The van der Waals surface area contributed by atoms with Gasteiger partial charge < -0.3 is 4.74 Å². The first kappa shape index (κ1) is 27.4. The van der Waals surface area contributed by atoms with E-state index < -0.39 is 72.6 Å². The summed E-state index contributed by atoms with van der Waals surface area (Å²) in [6.07, 6.45) is 0.727. The summed E-state index contributed by atoms with van der Waals surface area (Å²) in [5.74, 6) is -6.67. The SMILES string of the molecule is CCC(=O)c1[nH]nc2c(F)c(-c3c(F)ccc(CS(=O)(=O)c4cc(F)cc5c4CCC5OC(C)=O)c3F)ncc12. The summed E-state index contributed by atoms with van der Waals surface area (Å²) in [5, 5.41) is 6.19. The molecule has 208 valence electrons. The number of hydrogen-bond donors (Lipinski definition) is 1. The van der Waals surface area contributed by atoms with Crippen molar-refractivity contribution in [2.24, 2.45) is 0 Å². The summed E-state index contributed by atoms with van der Waals surface area (Å²) in [7, 11) is -4.41. The second-order valence-electron chi connectivity index (χ2n) is 9.32. The molecule has 1 atom stereocenters. The Balaban J connectivity index is 1.56. The number of Topliss-reactive ketones (excluding diaryl/α,β-unsaturated/α-hetero) is 1. The van der Waals surface area contributed by atoms with Crippen LogP contribution in [-0.4, -0.2) is 35.4 Å². The number of rotatable bonds is 7. The first-order chi connectivity index (χ1) is 18.9. The van der Waals surface area contributed by atoms with Crippen LogP contribution in [0.2, 0.25) is 0 Å². The number of pyridine rings is 1. The zero-order valence-electron chi connectivity index (χ0n) is 21.1. The van der Waals surface area contributed by atoms with E-state index in [1.165, 1.54) is 6.92 Å². The van der Waals surface area contributed by atoms with Gasteiger partial charge in [0.1, 0.15) is 40.5 Å². The Hall–Kier alpha value is -4.13. The molecular weight excluding hydrogens is 554 g/mol. The van der Waals surface area contributed by atoms with Crippen molar-refractivity contribution < 1.29 is 40.3 Å². The van der Waals surface area contributed by atoms with Gasteiger partial charge in [0.05, 0.1) is 21.6 Å². The zero-order chi connectivity index (χ0) is 28.9. The first-order valence-corrected chi connectivity index (χ1v) is 13.8. The molecule has 0 aliphatic heterocycles. The standard InChI is InChI=1S/C27H21F4N3O5S/c1-3-19(36)25-17-10-32-27(24(31)26(17)34-33-25)22-18(29)6-4-13(23(22)30)11-40(37,38)21-9-14(28)8-16-15(21)5-7-20(16)39-12(2)35/h4,6,8-10,20H,3,5,7,11H2,1-2H3,(H,33,34). The average Bonchev–Trinajstić information content (AvgIpc) is 3.50. The highest BCUT2D eigenvalue weighted by atomic mass is 32.2. The number of nitrogens with one attached hydrogen (secondary N) is 1. The number of H-pyrrole nitrogens is 1. The molecule has 0 bridgehead atoms. The lowest BCUT2D eigenvalue weighted by Gasteiger charge is -2.15. The van der Waals surface area contributed by atoms with E-state index in [4.69, 9.17) is 4.74 Å². The minimum Gasteiger partial charge on any atom is -0.458 e. The minimum atomic E-state index is -4.41. The van der Waals surface area contributed by atoms with Crippen LogP contribution in [0.4, 0.5) is 17.6 Å². The van der Waals surface area contributed by atoms with Gasteiger partial charge in [0.15, 0.2) is 21.4 Å². The van der Waals surface area contributed by atoms with Crippen LogP contribution in [-0.2, 0) is 31.5 Å². The van der Waals surface area contributed by atoms with Gasteiger partial charge in [-0.05, 0) is 42.2 Å². The molecule has 2 aromatic heterocycles. The van der Waals surface area contributed by atoms with Crippen molar-refractivity contribution in [1.29, 1.82) is 0 Å². The average molecular weight is 576 g/mol. The Morgan fingerprint density at radius 2 is 1.88 bits per heavy atom. The van der Waals surface area contributed by atoms with Gasteiger partial charge >= 0.3 is 5.97 Å². The number of aromatic amines is 1. The molecule has 1 aliphatic carbocycles. The summed E-state index contributed by atoms with van der Waals surface area (Å²) in [5.41, 5.74) is -2.12. The van der Waals surface area contributed by atoms with Crippen LogP contribution in [0.25, 0.3) is 22.2 Å². The predicted octanol–water partition coefficient (Wildman–Crippen LogP) is 5.30. The number of ketones is 1. The van der Waals surface area contributed by atoms with Gasteiger partial charge in [-0.3, -0.25) is 19.7 Å². The van der Waals surface area contributed by atoms with E-state index in [1.54, 1.807) is 6.92 Å². The number of ether oxygens (including phenoxy) is 1. The van der Waals surface area contributed by atoms with E-state index in [0.29, 0.717) is 0 Å². The number of hydrogen-bond acceptors (Lipinski definition) is 7. The Bertz CT molecular complexity index is 1820. The van der Waals surface area contributed by atoms with Crippen LogP contribution in [0.1, 0.15) is 60.0 Å². The largest absolute Gasteiger partial charge is 0.458 e. The Kier molecular flexibility index (Phi) is 6.94. The monoisotopic (exact) mass is 575 g/mol. The third-order valence-electron chi connectivity index (χ3n) is 6.75. The highest BCUT2D eigenvalue weighted by molar-refractivity contribution is 7.90. The lowest BCUT2D eigenvalue weighted by molar-refractivity contribution is -0.146. The van der Waals surface area contributed by atoms with Gasteiger partial charge in [0, 0.05) is 25.1 Å². The Morgan fingerprint density at radius 1 is 1.12 bits per heavy atom. The third-order valence-corrected chi connectivity index (χ3v) is 8.48. The van der Waals surface area contributed by atoms with E-state index in [2.05, 4.69) is 15.2 Å². The molecular formula is C27H21F4N3O5S. The predicted molar refractivity (Wildman–Crippen MR) is 134 cm³/mol. The molecule has 1 N–H and O–H groups in total. The van der Waals surface area contributed by atoms with Crippen LogP contribution in [0.15, 0.2) is 35.4 Å². The number of aromatic nitrogens is 3. The molecule has 0 saturated heterocycles. The number of carbonyl (C=O) groups excluding carboxylic acids is 2. The molecule has 2 heterocycles. The van der Waals surface area contributed by atoms with Crippen molar-refractivity contribution >= 4 is 32.5 Å². The van der Waals surface area contributed by atoms with Gasteiger partial charge in [-0.15, -0.1) is 0 Å².